The van der Waals surface area contributed by atoms with E-state index in [1.54, 1.807) is 0 Å². The predicted molar refractivity (Wildman–Crippen MR) is 133 cm³/mol. The van der Waals surface area contributed by atoms with Crippen molar-refractivity contribution in [2.24, 2.45) is 0 Å². The summed E-state index contributed by atoms with van der Waals surface area (Å²) in [5.41, 5.74) is 0.113. The first-order valence-corrected chi connectivity index (χ1v) is 17.9. The number of halogens is 4. The first-order chi connectivity index (χ1) is 15.1. The molecule has 7 heteroatoms. The van der Waals surface area contributed by atoms with Gasteiger partial charge in [-0.25, -0.2) is 13.2 Å². The summed E-state index contributed by atoms with van der Waals surface area (Å²) in [6, 6.07) is 6.59. The van der Waals surface area contributed by atoms with Crippen molar-refractivity contribution < 1.29 is 22.0 Å². The minimum absolute atomic E-state index is 0.113. The van der Waals surface area contributed by atoms with Crippen LogP contribution in [-0.2, 0) is 0 Å². The SMILES string of the molecule is CCCCCCCC[Si](CC[Si](CC)(CC)CC)(Oc1c(F)cc(F)c(F)c1F)C(C)C. The number of rotatable bonds is 16. The van der Waals surface area contributed by atoms with E-state index in [1.807, 2.05) is 0 Å². The Balaban J connectivity index is 3.23. The van der Waals surface area contributed by atoms with E-state index in [9.17, 15) is 17.6 Å². The number of hydrogen-bond acceptors (Lipinski definition) is 1. The van der Waals surface area contributed by atoms with Gasteiger partial charge < -0.3 is 4.43 Å². The average molecular weight is 493 g/mol. The Labute approximate surface area is 195 Å². The molecule has 1 aromatic rings. The van der Waals surface area contributed by atoms with Crippen molar-refractivity contribution in [1.29, 1.82) is 0 Å². The average Bonchev–Trinajstić information content (AvgIpc) is 2.78. The van der Waals surface area contributed by atoms with Crippen LogP contribution in [0, 0.1) is 23.3 Å². The normalized spacial score (nSPS) is 14.1. The summed E-state index contributed by atoms with van der Waals surface area (Å²) in [4.78, 5) is 0. The first-order valence-electron chi connectivity index (χ1n) is 12.6. The molecular weight excluding hydrogens is 448 g/mol. The number of hydrogen-bond donors (Lipinski definition) is 0. The monoisotopic (exact) mass is 492 g/mol. The van der Waals surface area contributed by atoms with Crippen molar-refractivity contribution in [3.8, 4) is 5.75 Å². The molecule has 0 aliphatic rings. The number of benzene rings is 1. The smallest absolute Gasteiger partial charge is 0.253 e. The van der Waals surface area contributed by atoms with Crippen molar-refractivity contribution in [3.05, 3.63) is 29.3 Å². The van der Waals surface area contributed by atoms with Crippen LogP contribution in [0.1, 0.15) is 80.1 Å². The summed E-state index contributed by atoms with van der Waals surface area (Å²) in [6.45, 7) is 13.1. The van der Waals surface area contributed by atoms with E-state index in [4.69, 9.17) is 4.43 Å². The molecule has 0 bridgehead atoms. The van der Waals surface area contributed by atoms with Gasteiger partial charge in [0.1, 0.15) is 0 Å². The maximum atomic E-state index is 14.6. The van der Waals surface area contributed by atoms with Gasteiger partial charge in [0.15, 0.2) is 23.2 Å². The molecule has 32 heavy (non-hydrogen) atoms. The van der Waals surface area contributed by atoms with Crippen molar-refractivity contribution >= 4 is 16.4 Å². The highest BCUT2D eigenvalue weighted by molar-refractivity contribution is 6.83. The topological polar surface area (TPSA) is 9.23 Å². The third kappa shape index (κ3) is 7.61. The second kappa shape index (κ2) is 13.8. The maximum absolute atomic E-state index is 14.6. The van der Waals surface area contributed by atoms with Gasteiger partial charge in [-0.2, -0.15) is 4.39 Å². The molecule has 0 saturated carbocycles. The molecule has 0 aliphatic heterocycles. The molecule has 0 saturated heterocycles. The summed E-state index contributed by atoms with van der Waals surface area (Å²) in [5.74, 6) is -6.58. The van der Waals surface area contributed by atoms with Crippen LogP contribution >= 0.6 is 0 Å². The molecule has 0 aromatic heterocycles. The molecule has 1 aromatic carbocycles. The lowest BCUT2D eigenvalue weighted by Gasteiger charge is -2.39. The second-order valence-electron chi connectivity index (χ2n) is 9.70. The molecule has 0 amide bonds. The van der Waals surface area contributed by atoms with Gasteiger partial charge in [0.2, 0.25) is 5.82 Å². The van der Waals surface area contributed by atoms with Crippen LogP contribution < -0.4 is 4.43 Å². The van der Waals surface area contributed by atoms with Crippen LogP contribution in [-0.4, -0.2) is 16.4 Å². The lowest BCUT2D eigenvalue weighted by Crippen LogP contribution is -2.47. The van der Waals surface area contributed by atoms with Crippen LogP contribution in [0.4, 0.5) is 17.6 Å². The molecule has 1 atom stereocenters. The largest absolute Gasteiger partial charge is 0.539 e. The molecule has 0 N–H and O–H groups in total. The van der Waals surface area contributed by atoms with Gasteiger partial charge in [-0.15, -0.1) is 0 Å². The van der Waals surface area contributed by atoms with Crippen LogP contribution in [0.15, 0.2) is 6.07 Å². The van der Waals surface area contributed by atoms with Crippen LogP contribution in [0.25, 0.3) is 0 Å². The molecule has 1 nitrogen and oxygen atoms in total. The third-order valence-corrected chi connectivity index (χ3v) is 19.0. The molecule has 0 fully saturated rings. The van der Waals surface area contributed by atoms with Crippen molar-refractivity contribution in [3.63, 3.8) is 0 Å². The molecule has 1 rings (SSSR count). The molecule has 0 aliphatic carbocycles. The van der Waals surface area contributed by atoms with Gasteiger partial charge in [-0.3, -0.25) is 0 Å². The van der Waals surface area contributed by atoms with Gasteiger partial charge in [0.05, 0.1) is 8.07 Å². The zero-order valence-electron chi connectivity index (χ0n) is 21.1. The highest BCUT2D eigenvalue weighted by Gasteiger charge is 2.44. The van der Waals surface area contributed by atoms with Crippen molar-refractivity contribution in [2.45, 2.75) is 122 Å². The van der Waals surface area contributed by atoms with Gasteiger partial charge in [-0.05, 0) is 17.6 Å². The lowest BCUT2D eigenvalue weighted by molar-refractivity contribution is 0.380. The Kier molecular flexibility index (Phi) is 12.6. The van der Waals surface area contributed by atoms with Gasteiger partial charge in [0, 0.05) is 6.07 Å². The molecule has 1 unspecified atom stereocenters. The van der Waals surface area contributed by atoms with Gasteiger partial charge >= 0.3 is 0 Å². The fourth-order valence-electron chi connectivity index (χ4n) is 4.73. The van der Waals surface area contributed by atoms with E-state index in [-0.39, 0.29) is 5.54 Å². The summed E-state index contributed by atoms with van der Waals surface area (Å²) in [5, 5.41) is 0. The van der Waals surface area contributed by atoms with Crippen LogP contribution in [0.5, 0.6) is 5.75 Å². The van der Waals surface area contributed by atoms with Crippen molar-refractivity contribution in [2.75, 3.05) is 0 Å². The maximum Gasteiger partial charge on any atom is 0.253 e. The second-order valence-corrected chi connectivity index (χ2v) is 19.8. The van der Waals surface area contributed by atoms with E-state index >= 15 is 0 Å². The highest BCUT2D eigenvalue weighted by atomic mass is 28.4. The van der Waals surface area contributed by atoms with Gasteiger partial charge in [-0.1, -0.05) is 104 Å². The summed E-state index contributed by atoms with van der Waals surface area (Å²) in [6.07, 6.45) is 6.73. The zero-order chi connectivity index (χ0) is 24.4. The first kappa shape index (κ1) is 29.2. The summed E-state index contributed by atoms with van der Waals surface area (Å²) in [7, 11) is -4.15. The van der Waals surface area contributed by atoms with E-state index in [2.05, 4.69) is 41.5 Å². The highest BCUT2D eigenvalue weighted by Crippen LogP contribution is 2.41. The van der Waals surface area contributed by atoms with E-state index < -0.39 is 45.4 Å². The summed E-state index contributed by atoms with van der Waals surface area (Å²) < 4.78 is 62.8. The Morgan fingerprint density at radius 2 is 1.28 bits per heavy atom. The molecule has 0 spiro atoms. The molecule has 186 valence electrons. The lowest BCUT2D eigenvalue weighted by atomic mass is 10.1. The minimum Gasteiger partial charge on any atom is -0.539 e. The zero-order valence-corrected chi connectivity index (χ0v) is 23.1. The van der Waals surface area contributed by atoms with E-state index in [0.29, 0.717) is 6.07 Å². The molecule has 0 radical (unpaired) electrons. The van der Waals surface area contributed by atoms with Gasteiger partial charge in [0.25, 0.3) is 8.32 Å². The fourth-order valence-corrected chi connectivity index (χ4v) is 14.4. The minimum atomic E-state index is -2.68. The Morgan fingerprint density at radius 1 is 0.719 bits per heavy atom. The quantitative estimate of drug-likeness (QED) is 0.0733. The predicted octanol–water partition coefficient (Wildman–Crippen LogP) is 9.85. The van der Waals surface area contributed by atoms with E-state index in [0.717, 1.165) is 37.4 Å². The van der Waals surface area contributed by atoms with Crippen LogP contribution in [0.3, 0.4) is 0 Å². The summed E-state index contributed by atoms with van der Waals surface area (Å²) >= 11 is 0. The fraction of sp³-hybridized carbons (Fsp3) is 0.760. The Morgan fingerprint density at radius 3 is 1.81 bits per heavy atom. The molecule has 0 heterocycles. The standard InChI is InChI=1S/C25H44F4OSi2/c1-7-11-12-13-14-15-16-32(20(5)6,18-17-31(8-2,9-3)10-4)30-25-22(27)19-21(26)23(28)24(25)29/h19-20H,7-18H2,1-6H3. The Hall–Kier alpha value is -0.826. The molecular formula is C25H44F4OSi2. The Bertz CT molecular complexity index is 687. The number of unbranched alkanes of at least 4 members (excludes halogenated alkanes) is 5. The third-order valence-electron chi connectivity index (χ3n) is 7.71. The van der Waals surface area contributed by atoms with E-state index in [1.165, 1.54) is 37.4 Å². The van der Waals surface area contributed by atoms with Crippen molar-refractivity contribution in [1.82, 2.24) is 0 Å². The van der Waals surface area contributed by atoms with Crippen LogP contribution in [0.2, 0.25) is 41.8 Å².